The molecule has 0 spiro atoms. The Bertz CT molecular complexity index is 584. The Labute approximate surface area is 111 Å². The standard InChI is InChI=1S/C15H17F2NO/c1-8-9(2)19-10(3)15(8)14(18)6-11-4-12(16)7-13(17)5-11/h4-5,7,14H,6,18H2,1-3H3. The molecule has 19 heavy (non-hydrogen) atoms. The van der Waals surface area contributed by atoms with Gasteiger partial charge in [-0.3, -0.25) is 0 Å². The molecule has 2 rings (SSSR count). The molecule has 1 heterocycles. The van der Waals surface area contributed by atoms with Crippen molar-refractivity contribution in [2.75, 3.05) is 0 Å². The minimum atomic E-state index is -0.584. The predicted molar refractivity (Wildman–Crippen MR) is 69.9 cm³/mol. The van der Waals surface area contributed by atoms with Crippen molar-refractivity contribution in [2.45, 2.75) is 33.2 Å². The summed E-state index contributed by atoms with van der Waals surface area (Å²) < 4.78 is 31.8. The minimum absolute atomic E-state index is 0.335. The molecule has 0 aliphatic carbocycles. The molecular formula is C15H17F2NO. The molecule has 102 valence electrons. The normalized spacial score (nSPS) is 12.7. The Morgan fingerprint density at radius 1 is 1.05 bits per heavy atom. The van der Waals surface area contributed by atoms with Crippen molar-refractivity contribution in [3.8, 4) is 0 Å². The quantitative estimate of drug-likeness (QED) is 0.918. The number of halogens is 2. The lowest BCUT2D eigenvalue weighted by molar-refractivity contribution is 0.496. The third kappa shape index (κ3) is 2.84. The third-order valence-corrected chi connectivity index (χ3v) is 3.37. The van der Waals surface area contributed by atoms with Crippen LogP contribution in [0.15, 0.2) is 22.6 Å². The van der Waals surface area contributed by atoms with Crippen molar-refractivity contribution in [2.24, 2.45) is 5.73 Å². The molecule has 0 aliphatic rings. The second kappa shape index (κ2) is 5.13. The average molecular weight is 265 g/mol. The van der Waals surface area contributed by atoms with Crippen LogP contribution in [-0.2, 0) is 6.42 Å². The van der Waals surface area contributed by atoms with Crippen molar-refractivity contribution < 1.29 is 13.2 Å². The van der Waals surface area contributed by atoms with Crippen LogP contribution in [0.3, 0.4) is 0 Å². The zero-order valence-electron chi connectivity index (χ0n) is 11.3. The van der Waals surface area contributed by atoms with Crippen molar-refractivity contribution in [3.63, 3.8) is 0 Å². The van der Waals surface area contributed by atoms with Crippen molar-refractivity contribution in [3.05, 3.63) is 58.0 Å². The summed E-state index contributed by atoms with van der Waals surface area (Å²) in [6.07, 6.45) is 0.370. The summed E-state index contributed by atoms with van der Waals surface area (Å²) >= 11 is 0. The van der Waals surface area contributed by atoms with Crippen LogP contribution in [0.5, 0.6) is 0 Å². The second-order valence-electron chi connectivity index (χ2n) is 4.84. The number of hydrogen-bond acceptors (Lipinski definition) is 2. The van der Waals surface area contributed by atoms with Crippen LogP contribution in [0.1, 0.15) is 34.3 Å². The van der Waals surface area contributed by atoms with Gasteiger partial charge in [-0.2, -0.15) is 0 Å². The Kier molecular flexibility index (Phi) is 3.71. The van der Waals surface area contributed by atoms with Crippen molar-refractivity contribution in [1.82, 2.24) is 0 Å². The van der Waals surface area contributed by atoms with Gasteiger partial charge in [-0.25, -0.2) is 8.78 Å². The summed E-state index contributed by atoms with van der Waals surface area (Å²) in [6, 6.07) is 3.13. The molecular weight excluding hydrogens is 248 g/mol. The van der Waals surface area contributed by atoms with Crippen LogP contribution in [0, 0.1) is 32.4 Å². The molecule has 1 aromatic carbocycles. The van der Waals surface area contributed by atoms with Crippen LogP contribution < -0.4 is 5.73 Å². The first-order valence-electron chi connectivity index (χ1n) is 6.15. The molecule has 2 N–H and O–H groups in total. The van der Waals surface area contributed by atoms with E-state index in [4.69, 9.17) is 10.2 Å². The number of furan rings is 1. The predicted octanol–water partition coefficient (Wildman–Crippen LogP) is 3.73. The molecule has 2 nitrogen and oxygen atoms in total. The van der Waals surface area contributed by atoms with E-state index in [0.29, 0.717) is 12.0 Å². The monoisotopic (exact) mass is 265 g/mol. The van der Waals surface area contributed by atoms with E-state index in [1.807, 2.05) is 20.8 Å². The van der Waals surface area contributed by atoms with E-state index in [1.54, 1.807) is 0 Å². The van der Waals surface area contributed by atoms with Gasteiger partial charge < -0.3 is 10.2 Å². The lowest BCUT2D eigenvalue weighted by Gasteiger charge is -2.12. The molecule has 0 amide bonds. The summed E-state index contributed by atoms with van der Waals surface area (Å²) in [5.74, 6) is 0.422. The molecule has 0 radical (unpaired) electrons. The molecule has 1 unspecified atom stereocenters. The van der Waals surface area contributed by atoms with Gasteiger partial charge in [0.25, 0.3) is 0 Å². The molecule has 0 aliphatic heterocycles. The maximum Gasteiger partial charge on any atom is 0.126 e. The van der Waals surface area contributed by atoms with Gasteiger partial charge in [0.1, 0.15) is 23.2 Å². The van der Waals surface area contributed by atoms with Crippen molar-refractivity contribution in [1.29, 1.82) is 0 Å². The Hall–Kier alpha value is -1.68. The summed E-state index contributed by atoms with van der Waals surface area (Å²) in [7, 11) is 0. The van der Waals surface area contributed by atoms with Gasteiger partial charge in [0.15, 0.2) is 0 Å². The molecule has 1 atom stereocenters. The summed E-state index contributed by atoms with van der Waals surface area (Å²) in [5, 5.41) is 0. The number of rotatable bonds is 3. The fourth-order valence-corrected chi connectivity index (χ4v) is 2.44. The molecule has 0 saturated carbocycles. The molecule has 0 bridgehead atoms. The zero-order chi connectivity index (χ0) is 14.2. The van der Waals surface area contributed by atoms with E-state index < -0.39 is 11.6 Å². The van der Waals surface area contributed by atoms with Gasteiger partial charge in [-0.1, -0.05) is 0 Å². The largest absolute Gasteiger partial charge is 0.466 e. The Morgan fingerprint density at radius 3 is 2.11 bits per heavy atom. The highest BCUT2D eigenvalue weighted by Crippen LogP contribution is 2.28. The van der Waals surface area contributed by atoms with E-state index in [1.165, 1.54) is 12.1 Å². The minimum Gasteiger partial charge on any atom is -0.466 e. The van der Waals surface area contributed by atoms with Gasteiger partial charge in [0.2, 0.25) is 0 Å². The van der Waals surface area contributed by atoms with Gasteiger partial charge in [-0.15, -0.1) is 0 Å². The van der Waals surface area contributed by atoms with Gasteiger partial charge >= 0.3 is 0 Å². The van der Waals surface area contributed by atoms with E-state index in [2.05, 4.69) is 0 Å². The Balaban J connectivity index is 2.27. The summed E-state index contributed by atoms with van der Waals surface area (Å²) in [6.45, 7) is 5.66. The number of aryl methyl sites for hydroxylation is 2. The zero-order valence-corrected chi connectivity index (χ0v) is 11.3. The van der Waals surface area contributed by atoms with Crippen LogP contribution in [0.25, 0.3) is 0 Å². The summed E-state index contributed by atoms with van der Waals surface area (Å²) in [4.78, 5) is 0. The number of nitrogens with two attached hydrogens (primary N) is 1. The second-order valence-corrected chi connectivity index (χ2v) is 4.84. The van der Waals surface area contributed by atoms with Crippen LogP contribution in [0.4, 0.5) is 8.78 Å². The van der Waals surface area contributed by atoms with E-state index in [-0.39, 0.29) is 6.04 Å². The SMILES string of the molecule is Cc1oc(C)c(C(N)Cc2cc(F)cc(F)c2)c1C. The van der Waals surface area contributed by atoms with E-state index in [9.17, 15) is 8.78 Å². The van der Waals surface area contributed by atoms with Gasteiger partial charge in [-0.05, 0) is 50.5 Å². The Morgan fingerprint density at radius 2 is 1.63 bits per heavy atom. The topological polar surface area (TPSA) is 39.2 Å². The first-order chi connectivity index (χ1) is 8.88. The first kappa shape index (κ1) is 13.7. The maximum atomic E-state index is 13.1. The lowest BCUT2D eigenvalue weighted by Crippen LogP contribution is -2.15. The number of hydrogen-bond donors (Lipinski definition) is 1. The van der Waals surface area contributed by atoms with E-state index >= 15 is 0 Å². The van der Waals surface area contributed by atoms with Crippen molar-refractivity contribution >= 4 is 0 Å². The smallest absolute Gasteiger partial charge is 0.126 e. The lowest BCUT2D eigenvalue weighted by atomic mass is 9.96. The molecule has 2 aromatic rings. The molecule has 0 saturated heterocycles. The van der Waals surface area contributed by atoms with Gasteiger partial charge in [0, 0.05) is 17.7 Å². The number of benzene rings is 1. The maximum absolute atomic E-state index is 13.1. The molecule has 1 aromatic heterocycles. The van der Waals surface area contributed by atoms with Crippen LogP contribution in [-0.4, -0.2) is 0 Å². The fraction of sp³-hybridized carbons (Fsp3) is 0.333. The van der Waals surface area contributed by atoms with Crippen LogP contribution in [0.2, 0.25) is 0 Å². The average Bonchev–Trinajstić information content (AvgIpc) is 2.51. The fourth-order valence-electron chi connectivity index (χ4n) is 2.44. The highest BCUT2D eigenvalue weighted by atomic mass is 19.1. The van der Waals surface area contributed by atoms with Gasteiger partial charge in [0.05, 0.1) is 0 Å². The summed E-state index contributed by atoms with van der Waals surface area (Å²) in [5.41, 5.74) is 8.60. The van der Waals surface area contributed by atoms with E-state index in [0.717, 1.165) is 28.7 Å². The highest BCUT2D eigenvalue weighted by molar-refractivity contribution is 5.35. The molecule has 4 heteroatoms. The molecule has 0 fully saturated rings. The van der Waals surface area contributed by atoms with Crippen LogP contribution >= 0.6 is 0 Å². The third-order valence-electron chi connectivity index (χ3n) is 3.37. The highest BCUT2D eigenvalue weighted by Gasteiger charge is 2.18. The first-order valence-corrected chi connectivity index (χ1v) is 6.15.